The summed E-state index contributed by atoms with van der Waals surface area (Å²) in [6.45, 7) is 0.776. The lowest BCUT2D eigenvalue weighted by Gasteiger charge is -2.07. The maximum atomic E-state index is 10.3. The van der Waals surface area contributed by atoms with E-state index < -0.39 is 4.92 Å². The number of rotatable bonds is 9. The van der Waals surface area contributed by atoms with Gasteiger partial charge in [-0.1, -0.05) is 0 Å². The minimum atomic E-state index is -0.496. The average Bonchev–Trinajstić information content (AvgIpc) is 2.79. The highest BCUT2D eigenvalue weighted by Crippen LogP contribution is 2.15. The molecule has 0 amide bonds. The quantitative estimate of drug-likeness (QED) is 0.309. The van der Waals surface area contributed by atoms with Crippen LogP contribution in [0.15, 0.2) is 28.6 Å². The van der Waals surface area contributed by atoms with E-state index in [1.807, 2.05) is 31.1 Å². The van der Waals surface area contributed by atoms with Gasteiger partial charge in [0.25, 0.3) is 6.20 Å². The summed E-state index contributed by atoms with van der Waals surface area (Å²) in [5.41, 5.74) is 0. The van der Waals surface area contributed by atoms with Crippen molar-refractivity contribution in [2.24, 2.45) is 0 Å². The van der Waals surface area contributed by atoms with Gasteiger partial charge in [-0.05, 0) is 26.2 Å². The van der Waals surface area contributed by atoms with E-state index >= 15 is 0 Å². The van der Waals surface area contributed by atoms with Crippen molar-refractivity contribution in [3.05, 3.63) is 45.8 Å². The number of nitrogens with one attached hydrogen (secondary N) is 2. The highest BCUT2D eigenvalue weighted by atomic mass is 32.2. The van der Waals surface area contributed by atoms with Crippen LogP contribution in [-0.4, -0.2) is 36.8 Å². The largest absolute Gasteiger partial charge is 0.464 e. The Labute approximate surface area is 122 Å². The first-order valence-electron chi connectivity index (χ1n) is 6.08. The highest BCUT2D eigenvalue weighted by Gasteiger charge is 2.04. The summed E-state index contributed by atoms with van der Waals surface area (Å²) in [6, 6.07) is 3.92. The minimum Gasteiger partial charge on any atom is -0.464 e. The van der Waals surface area contributed by atoms with Crippen LogP contribution in [0, 0.1) is 10.1 Å². The number of nitro groups is 1. The summed E-state index contributed by atoms with van der Waals surface area (Å²) in [4.78, 5) is 11.9. The molecule has 7 nitrogen and oxygen atoms in total. The van der Waals surface area contributed by atoms with Gasteiger partial charge >= 0.3 is 0 Å². The van der Waals surface area contributed by atoms with Gasteiger partial charge in [0.15, 0.2) is 5.82 Å². The number of furan rings is 1. The Kier molecular flexibility index (Phi) is 6.96. The van der Waals surface area contributed by atoms with E-state index in [-0.39, 0.29) is 0 Å². The van der Waals surface area contributed by atoms with Crippen molar-refractivity contribution in [2.45, 2.75) is 12.3 Å². The molecule has 0 bridgehead atoms. The fourth-order valence-electron chi connectivity index (χ4n) is 1.48. The van der Waals surface area contributed by atoms with Crippen LogP contribution in [0.4, 0.5) is 0 Å². The number of hydrogen-bond acceptors (Lipinski definition) is 7. The zero-order valence-electron chi connectivity index (χ0n) is 11.9. The minimum absolute atomic E-state index is 0.384. The third kappa shape index (κ3) is 6.48. The molecular weight excluding hydrogens is 280 g/mol. The molecule has 1 rings (SSSR count). The molecule has 0 aromatic carbocycles. The van der Waals surface area contributed by atoms with Gasteiger partial charge in [-0.25, -0.2) is 0 Å². The Morgan fingerprint density at radius 3 is 2.80 bits per heavy atom. The van der Waals surface area contributed by atoms with Crippen LogP contribution in [-0.2, 0) is 12.3 Å². The molecule has 2 N–H and O–H groups in total. The van der Waals surface area contributed by atoms with E-state index in [4.69, 9.17) is 4.42 Å². The van der Waals surface area contributed by atoms with Gasteiger partial charge in [-0.2, -0.15) is 0 Å². The van der Waals surface area contributed by atoms with Gasteiger partial charge in [0, 0.05) is 7.05 Å². The van der Waals surface area contributed by atoms with Crippen molar-refractivity contribution < 1.29 is 9.34 Å². The fraction of sp³-hybridized carbons (Fsp3) is 0.500. The van der Waals surface area contributed by atoms with Crippen LogP contribution in [0.5, 0.6) is 0 Å². The van der Waals surface area contributed by atoms with Crippen molar-refractivity contribution in [3.63, 3.8) is 0 Å². The Balaban J connectivity index is 2.30. The molecule has 0 aliphatic rings. The normalized spacial score (nSPS) is 11.7. The summed E-state index contributed by atoms with van der Waals surface area (Å²) in [7, 11) is 5.61. The third-order valence-corrected chi connectivity index (χ3v) is 3.14. The SMILES string of the molecule is CN/C(=C\[N+](=O)[O-])NCSCc1ccc(CN(C)C)o1. The topological polar surface area (TPSA) is 83.6 Å². The first kappa shape index (κ1) is 16.4. The van der Waals surface area contributed by atoms with Gasteiger partial charge in [-0.15, -0.1) is 11.8 Å². The maximum absolute atomic E-state index is 10.3. The predicted octanol–water partition coefficient (Wildman–Crippen LogP) is 1.42. The molecule has 0 aliphatic heterocycles. The molecule has 0 fully saturated rings. The lowest BCUT2D eigenvalue weighted by atomic mass is 10.4. The molecule has 0 saturated heterocycles. The first-order chi connectivity index (χ1) is 9.51. The molecule has 1 heterocycles. The van der Waals surface area contributed by atoms with E-state index in [2.05, 4.69) is 10.6 Å². The second-order valence-corrected chi connectivity index (χ2v) is 5.34. The molecule has 0 unspecified atom stereocenters. The van der Waals surface area contributed by atoms with Crippen LogP contribution in [0.3, 0.4) is 0 Å². The summed E-state index contributed by atoms with van der Waals surface area (Å²) in [5.74, 6) is 3.50. The average molecular weight is 300 g/mol. The second-order valence-electron chi connectivity index (χ2n) is 4.35. The molecule has 0 atom stereocenters. The molecular formula is C12H20N4O3S. The summed E-state index contributed by atoms with van der Waals surface area (Å²) in [5, 5.41) is 16.0. The number of thioether (sulfide) groups is 1. The first-order valence-corrected chi connectivity index (χ1v) is 7.23. The zero-order chi connectivity index (χ0) is 15.0. The third-order valence-electron chi connectivity index (χ3n) is 2.30. The zero-order valence-corrected chi connectivity index (χ0v) is 12.7. The predicted molar refractivity (Wildman–Crippen MR) is 79.5 cm³/mol. The lowest BCUT2D eigenvalue weighted by Crippen LogP contribution is -2.24. The number of nitrogens with zero attached hydrogens (tertiary/aromatic N) is 2. The van der Waals surface area contributed by atoms with Crippen molar-refractivity contribution in [3.8, 4) is 0 Å². The second kappa shape index (κ2) is 8.49. The molecule has 0 saturated carbocycles. The van der Waals surface area contributed by atoms with E-state index in [1.54, 1.807) is 18.8 Å². The molecule has 20 heavy (non-hydrogen) atoms. The molecule has 1 aromatic heterocycles. The molecule has 1 aromatic rings. The van der Waals surface area contributed by atoms with Crippen LogP contribution in [0.1, 0.15) is 11.5 Å². The van der Waals surface area contributed by atoms with E-state index in [0.717, 1.165) is 30.0 Å². The summed E-state index contributed by atoms with van der Waals surface area (Å²) < 4.78 is 5.66. The lowest BCUT2D eigenvalue weighted by molar-refractivity contribution is -0.404. The van der Waals surface area contributed by atoms with Gasteiger partial charge in [-0.3, -0.25) is 10.1 Å². The van der Waals surface area contributed by atoms with Crippen molar-refractivity contribution in [1.29, 1.82) is 0 Å². The number of hydrogen-bond donors (Lipinski definition) is 2. The highest BCUT2D eigenvalue weighted by molar-refractivity contribution is 7.98. The van der Waals surface area contributed by atoms with Crippen LogP contribution in [0.25, 0.3) is 0 Å². The fourth-order valence-corrected chi connectivity index (χ4v) is 2.20. The van der Waals surface area contributed by atoms with Gasteiger partial charge in [0.2, 0.25) is 0 Å². The summed E-state index contributed by atoms with van der Waals surface area (Å²) in [6.07, 6.45) is 0.905. The van der Waals surface area contributed by atoms with Crippen LogP contribution in [0.2, 0.25) is 0 Å². The van der Waals surface area contributed by atoms with E-state index in [0.29, 0.717) is 11.7 Å². The standard InChI is InChI=1S/C12H20N4O3S/c1-13-12(7-16(17)18)14-9-20-8-11-5-4-10(19-11)6-15(2)3/h4-5,7,13-14H,6,8-9H2,1-3H3/b12-7+. The van der Waals surface area contributed by atoms with E-state index in [9.17, 15) is 10.1 Å². The van der Waals surface area contributed by atoms with Crippen LogP contribution < -0.4 is 10.6 Å². The maximum Gasteiger partial charge on any atom is 0.274 e. The van der Waals surface area contributed by atoms with Crippen molar-refractivity contribution in [1.82, 2.24) is 15.5 Å². The monoisotopic (exact) mass is 300 g/mol. The van der Waals surface area contributed by atoms with Gasteiger partial charge in [0.05, 0.1) is 23.1 Å². The van der Waals surface area contributed by atoms with E-state index in [1.165, 1.54) is 0 Å². The molecule has 0 radical (unpaired) electrons. The Hall–Kier alpha value is -1.67. The summed E-state index contributed by atoms with van der Waals surface area (Å²) >= 11 is 1.59. The molecule has 0 spiro atoms. The Morgan fingerprint density at radius 1 is 1.50 bits per heavy atom. The Bertz CT molecular complexity index is 459. The van der Waals surface area contributed by atoms with Crippen molar-refractivity contribution >= 4 is 11.8 Å². The Morgan fingerprint density at radius 2 is 2.20 bits per heavy atom. The van der Waals surface area contributed by atoms with Gasteiger partial charge in [0.1, 0.15) is 11.5 Å². The smallest absolute Gasteiger partial charge is 0.274 e. The van der Waals surface area contributed by atoms with Crippen molar-refractivity contribution in [2.75, 3.05) is 27.0 Å². The molecule has 0 aliphatic carbocycles. The molecule has 8 heteroatoms. The molecule has 112 valence electrons. The van der Waals surface area contributed by atoms with Crippen LogP contribution >= 0.6 is 11.8 Å². The van der Waals surface area contributed by atoms with Gasteiger partial charge < -0.3 is 20.0 Å².